The van der Waals surface area contributed by atoms with Crippen molar-refractivity contribution >= 4 is 15.7 Å². The van der Waals surface area contributed by atoms with E-state index in [4.69, 9.17) is 0 Å². The summed E-state index contributed by atoms with van der Waals surface area (Å²) in [5.74, 6) is 0.695. The van der Waals surface area contributed by atoms with E-state index < -0.39 is 21.5 Å². The molecule has 21 heavy (non-hydrogen) atoms. The molecule has 1 aromatic heterocycles. The van der Waals surface area contributed by atoms with E-state index in [1.54, 1.807) is 6.92 Å². The zero-order valence-corrected chi connectivity index (χ0v) is 13.5. The number of nitrogens with zero attached hydrogens (tertiary/aromatic N) is 3. The van der Waals surface area contributed by atoms with Crippen LogP contribution in [0.25, 0.3) is 0 Å². The average Bonchev–Trinajstić information content (AvgIpc) is 2.85. The highest BCUT2D eigenvalue weighted by atomic mass is 32.2. The second-order valence-electron chi connectivity index (χ2n) is 5.97. The predicted octanol–water partition coefficient (Wildman–Crippen LogP) is 0.472. The van der Waals surface area contributed by atoms with Crippen LogP contribution in [0.4, 0.5) is 0 Å². The van der Waals surface area contributed by atoms with E-state index >= 15 is 0 Å². The van der Waals surface area contributed by atoms with Crippen LogP contribution in [0.3, 0.4) is 0 Å². The van der Waals surface area contributed by atoms with Crippen molar-refractivity contribution in [1.82, 2.24) is 20.1 Å². The molecule has 0 spiro atoms. The third-order valence-corrected chi connectivity index (χ3v) is 5.22. The van der Waals surface area contributed by atoms with Gasteiger partial charge in [0.05, 0.1) is 11.8 Å². The van der Waals surface area contributed by atoms with Crippen LogP contribution in [0, 0.1) is 5.92 Å². The largest absolute Gasteiger partial charge is 0.345 e. The molecule has 0 fully saturated rings. The Morgan fingerprint density at radius 2 is 2.05 bits per heavy atom. The highest BCUT2D eigenvalue weighted by molar-refractivity contribution is 7.92. The molecule has 7 nitrogen and oxygen atoms in total. The topological polar surface area (TPSA) is 93.9 Å². The van der Waals surface area contributed by atoms with Gasteiger partial charge in [-0.3, -0.25) is 4.79 Å². The van der Waals surface area contributed by atoms with Gasteiger partial charge in [0.25, 0.3) is 0 Å². The molecule has 0 radical (unpaired) electrons. The number of hydrogen-bond acceptors (Lipinski definition) is 5. The van der Waals surface area contributed by atoms with Crippen molar-refractivity contribution in [3.8, 4) is 0 Å². The molecule has 0 unspecified atom stereocenters. The minimum atomic E-state index is -3.36. The van der Waals surface area contributed by atoms with Crippen molar-refractivity contribution in [2.75, 3.05) is 11.5 Å². The molecule has 0 bridgehead atoms. The molecule has 1 aliphatic rings. The minimum absolute atomic E-state index is 0.0139. The van der Waals surface area contributed by atoms with Gasteiger partial charge in [-0.25, -0.2) is 8.42 Å². The Kier molecular flexibility index (Phi) is 4.65. The van der Waals surface area contributed by atoms with Crippen molar-refractivity contribution < 1.29 is 13.2 Å². The molecular weight excluding hydrogens is 292 g/mol. The third kappa shape index (κ3) is 4.03. The van der Waals surface area contributed by atoms with Gasteiger partial charge in [0, 0.05) is 13.0 Å². The van der Waals surface area contributed by atoms with Crippen LogP contribution in [0.15, 0.2) is 0 Å². The van der Waals surface area contributed by atoms with Gasteiger partial charge in [-0.2, -0.15) is 0 Å². The molecule has 0 aromatic carbocycles. The molecule has 1 aromatic rings. The molecule has 1 aliphatic heterocycles. The lowest BCUT2D eigenvalue weighted by atomic mass is 10.3. The van der Waals surface area contributed by atoms with Gasteiger partial charge < -0.3 is 9.88 Å². The monoisotopic (exact) mass is 314 g/mol. The minimum Gasteiger partial charge on any atom is -0.345 e. The molecule has 1 atom stereocenters. The Labute approximate surface area is 125 Å². The number of aromatic nitrogens is 3. The number of nitrogens with one attached hydrogen (secondary N) is 1. The summed E-state index contributed by atoms with van der Waals surface area (Å²) < 4.78 is 25.6. The van der Waals surface area contributed by atoms with Crippen LogP contribution in [0.5, 0.6) is 0 Å². The number of amides is 1. The summed E-state index contributed by atoms with van der Waals surface area (Å²) in [5, 5.41) is 10.9. The van der Waals surface area contributed by atoms with E-state index in [9.17, 15) is 13.2 Å². The molecule has 0 aliphatic carbocycles. The Balaban J connectivity index is 1.96. The van der Waals surface area contributed by atoms with Crippen molar-refractivity contribution in [3.63, 3.8) is 0 Å². The van der Waals surface area contributed by atoms with E-state index in [0.29, 0.717) is 5.82 Å². The van der Waals surface area contributed by atoms with Crippen molar-refractivity contribution in [3.05, 3.63) is 11.6 Å². The SMILES string of the molecule is CC(C)CS(=O)(=O)CC(=O)N[C@@H](C)c1nnc2n1CCC2. The van der Waals surface area contributed by atoms with Gasteiger partial charge in [0.2, 0.25) is 5.91 Å². The first kappa shape index (κ1) is 15.9. The first-order chi connectivity index (χ1) is 9.78. The zero-order chi connectivity index (χ0) is 15.6. The first-order valence-electron chi connectivity index (χ1n) is 7.20. The summed E-state index contributed by atoms with van der Waals surface area (Å²) >= 11 is 0. The van der Waals surface area contributed by atoms with E-state index in [2.05, 4.69) is 15.5 Å². The Morgan fingerprint density at radius 1 is 1.33 bits per heavy atom. The molecule has 0 saturated carbocycles. The second kappa shape index (κ2) is 6.13. The van der Waals surface area contributed by atoms with Gasteiger partial charge >= 0.3 is 0 Å². The number of carbonyl (C=O) groups is 1. The lowest BCUT2D eigenvalue weighted by Crippen LogP contribution is -2.34. The second-order valence-corrected chi connectivity index (χ2v) is 8.08. The van der Waals surface area contributed by atoms with Gasteiger partial charge in [0.15, 0.2) is 15.7 Å². The molecular formula is C13H22N4O3S. The van der Waals surface area contributed by atoms with Crippen LogP contribution in [0.2, 0.25) is 0 Å². The fraction of sp³-hybridized carbons (Fsp3) is 0.769. The molecule has 2 heterocycles. The third-order valence-electron chi connectivity index (χ3n) is 3.34. The van der Waals surface area contributed by atoms with E-state index in [0.717, 1.165) is 25.2 Å². The van der Waals surface area contributed by atoms with E-state index in [1.165, 1.54) is 0 Å². The van der Waals surface area contributed by atoms with Gasteiger partial charge in [0.1, 0.15) is 11.6 Å². The summed E-state index contributed by atoms with van der Waals surface area (Å²) in [6, 6.07) is -0.342. The Bertz CT molecular complexity index is 621. The molecule has 118 valence electrons. The number of aryl methyl sites for hydroxylation is 1. The summed E-state index contributed by atoms with van der Waals surface area (Å²) in [4.78, 5) is 11.9. The fourth-order valence-corrected chi connectivity index (χ4v) is 4.22. The number of carbonyl (C=O) groups excluding carboxylic acids is 1. The highest BCUT2D eigenvalue weighted by Crippen LogP contribution is 2.18. The number of rotatable bonds is 6. The van der Waals surface area contributed by atoms with Gasteiger partial charge in [-0.05, 0) is 19.3 Å². The number of fused-ring (bicyclic) bond motifs is 1. The molecule has 1 amide bonds. The normalized spacial score (nSPS) is 16.0. The fourth-order valence-electron chi connectivity index (χ4n) is 2.61. The van der Waals surface area contributed by atoms with E-state index in [-0.39, 0.29) is 17.7 Å². The molecule has 1 N–H and O–H groups in total. The standard InChI is InChI=1S/C13H22N4O3S/c1-9(2)7-21(19,20)8-12(18)14-10(3)13-16-15-11-5-4-6-17(11)13/h9-10H,4-8H2,1-3H3,(H,14,18)/t10-/m0/s1. The van der Waals surface area contributed by atoms with Crippen LogP contribution in [-0.4, -0.2) is 40.6 Å². The molecule has 0 saturated heterocycles. The zero-order valence-electron chi connectivity index (χ0n) is 12.7. The summed E-state index contributed by atoms with van der Waals surface area (Å²) in [5.41, 5.74) is 0. The number of sulfone groups is 1. The predicted molar refractivity (Wildman–Crippen MR) is 78.4 cm³/mol. The molecule has 8 heteroatoms. The quantitative estimate of drug-likeness (QED) is 0.824. The lowest BCUT2D eigenvalue weighted by molar-refractivity contribution is -0.119. The maximum absolute atomic E-state index is 11.9. The van der Waals surface area contributed by atoms with Gasteiger partial charge in [-0.15, -0.1) is 10.2 Å². The smallest absolute Gasteiger partial charge is 0.235 e. The highest BCUT2D eigenvalue weighted by Gasteiger charge is 2.24. The summed E-state index contributed by atoms with van der Waals surface area (Å²) in [6.07, 6.45) is 1.93. The van der Waals surface area contributed by atoms with Crippen LogP contribution in [0.1, 0.15) is 44.9 Å². The Hall–Kier alpha value is -1.44. The lowest BCUT2D eigenvalue weighted by Gasteiger charge is -2.14. The average molecular weight is 314 g/mol. The summed E-state index contributed by atoms with van der Waals surface area (Å²) in [6.45, 7) is 6.28. The Morgan fingerprint density at radius 3 is 2.71 bits per heavy atom. The maximum Gasteiger partial charge on any atom is 0.235 e. The van der Waals surface area contributed by atoms with E-state index in [1.807, 2.05) is 18.4 Å². The van der Waals surface area contributed by atoms with Crippen molar-refractivity contribution in [2.45, 2.75) is 46.2 Å². The van der Waals surface area contributed by atoms with Crippen LogP contribution in [-0.2, 0) is 27.6 Å². The maximum atomic E-state index is 11.9. The van der Waals surface area contributed by atoms with Crippen molar-refractivity contribution in [1.29, 1.82) is 0 Å². The molecule has 2 rings (SSSR count). The van der Waals surface area contributed by atoms with Crippen LogP contribution < -0.4 is 5.32 Å². The first-order valence-corrected chi connectivity index (χ1v) is 9.02. The van der Waals surface area contributed by atoms with Crippen LogP contribution >= 0.6 is 0 Å². The van der Waals surface area contributed by atoms with Gasteiger partial charge in [-0.1, -0.05) is 13.8 Å². The number of hydrogen-bond donors (Lipinski definition) is 1. The van der Waals surface area contributed by atoms with Crippen molar-refractivity contribution in [2.24, 2.45) is 5.92 Å². The summed E-state index contributed by atoms with van der Waals surface area (Å²) in [7, 11) is -3.36.